The number of aryl methyl sites for hydroxylation is 1. The molecule has 0 bridgehead atoms. The summed E-state index contributed by atoms with van der Waals surface area (Å²) in [6, 6.07) is 20.1. The lowest BCUT2D eigenvalue weighted by Crippen LogP contribution is -1.82. The normalized spacial score (nSPS) is 10.7. The monoisotopic (exact) mass is 234 g/mol. The molecule has 0 aromatic heterocycles. The minimum atomic E-state index is 0.358. The quantitative estimate of drug-likeness (QED) is 0.656. The van der Waals surface area contributed by atoms with Crippen molar-refractivity contribution in [3.05, 3.63) is 66.2 Å². The van der Waals surface area contributed by atoms with Crippen LogP contribution in [0.15, 0.2) is 60.7 Å². The van der Waals surface area contributed by atoms with E-state index in [0.717, 1.165) is 21.9 Å². The Morgan fingerprint density at radius 2 is 1.50 bits per heavy atom. The summed E-state index contributed by atoms with van der Waals surface area (Å²) in [7, 11) is 0. The number of hydrogen-bond acceptors (Lipinski definition) is 1. The largest absolute Gasteiger partial charge is 0.507 e. The SMILES string of the molecule is Cc1ccc(-c2ccc3ccccc3c2O)cc1. The van der Waals surface area contributed by atoms with Crippen LogP contribution in [-0.4, -0.2) is 5.11 Å². The molecule has 0 saturated carbocycles. The molecule has 0 saturated heterocycles. The number of benzene rings is 3. The first-order valence-corrected chi connectivity index (χ1v) is 6.03. The first-order valence-electron chi connectivity index (χ1n) is 6.03. The van der Waals surface area contributed by atoms with Gasteiger partial charge < -0.3 is 5.11 Å². The summed E-state index contributed by atoms with van der Waals surface area (Å²) in [6.07, 6.45) is 0. The lowest BCUT2D eigenvalue weighted by Gasteiger charge is -2.08. The highest BCUT2D eigenvalue weighted by Crippen LogP contribution is 2.35. The van der Waals surface area contributed by atoms with E-state index in [-0.39, 0.29) is 0 Å². The van der Waals surface area contributed by atoms with E-state index in [9.17, 15) is 5.11 Å². The van der Waals surface area contributed by atoms with Crippen LogP contribution in [0.5, 0.6) is 5.75 Å². The molecule has 1 heteroatoms. The Bertz CT molecular complexity index is 696. The Hall–Kier alpha value is -2.28. The summed E-state index contributed by atoms with van der Waals surface area (Å²) in [4.78, 5) is 0. The summed E-state index contributed by atoms with van der Waals surface area (Å²) in [6.45, 7) is 2.06. The summed E-state index contributed by atoms with van der Waals surface area (Å²) in [5.74, 6) is 0.358. The van der Waals surface area contributed by atoms with Crippen LogP contribution in [0.2, 0.25) is 0 Å². The van der Waals surface area contributed by atoms with E-state index in [1.165, 1.54) is 5.56 Å². The number of hydrogen-bond donors (Lipinski definition) is 1. The van der Waals surface area contributed by atoms with Crippen molar-refractivity contribution < 1.29 is 5.11 Å². The molecule has 3 aromatic carbocycles. The van der Waals surface area contributed by atoms with E-state index >= 15 is 0 Å². The Morgan fingerprint density at radius 3 is 2.28 bits per heavy atom. The molecule has 0 aliphatic heterocycles. The molecule has 0 aliphatic carbocycles. The van der Waals surface area contributed by atoms with Gasteiger partial charge in [-0.1, -0.05) is 66.2 Å². The zero-order valence-corrected chi connectivity index (χ0v) is 10.2. The summed E-state index contributed by atoms with van der Waals surface area (Å²) < 4.78 is 0. The molecule has 3 aromatic rings. The maximum Gasteiger partial charge on any atom is 0.131 e. The van der Waals surface area contributed by atoms with Crippen molar-refractivity contribution in [3.63, 3.8) is 0 Å². The minimum Gasteiger partial charge on any atom is -0.507 e. The third-order valence-electron chi connectivity index (χ3n) is 3.26. The number of phenols is 1. The molecule has 0 aliphatic rings. The molecule has 0 fully saturated rings. The number of phenolic OH excluding ortho intramolecular Hbond substituents is 1. The fraction of sp³-hybridized carbons (Fsp3) is 0.0588. The molecule has 0 unspecified atom stereocenters. The Kier molecular flexibility index (Phi) is 2.52. The number of aromatic hydroxyl groups is 1. The molecule has 1 nitrogen and oxygen atoms in total. The molecule has 1 N–H and O–H groups in total. The third-order valence-corrected chi connectivity index (χ3v) is 3.26. The van der Waals surface area contributed by atoms with Gasteiger partial charge in [-0.15, -0.1) is 0 Å². The van der Waals surface area contributed by atoms with Crippen LogP contribution in [0.3, 0.4) is 0 Å². The first kappa shape index (κ1) is 10.8. The van der Waals surface area contributed by atoms with Crippen LogP contribution in [0.4, 0.5) is 0 Å². The van der Waals surface area contributed by atoms with E-state index in [4.69, 9.17) is 0 Å². The molecule has 3 rings (SSSR count). The van der Waals surface area contributed by atoms with Crippen LogP contribution in [0, 0.1) is 6.92 Å². The van der Waals surface area contributed by atoms with Crippen molar-refractivity contribution in [2.75, 3.05) is 0 Å². The van der Waals surface area contributed by atoms with Gasteiger partial charge in [0.1, 0.15) is 5.75 Å². The number of rotatable bonds is 1. The van der Waals surface area contributed by atoms with E-state index in [1.54, 1.807) is 0 Å². The van der Waals surface area contributed by atoms with Crippen LogP contribution >= 0.6 is 0 Å². The minimum absolute atomic E-state index is 0.358. The van der Waals surface area contributed by atoms with Gasteiger partial charge in [0.2, 0.25) is 0 Å². The van der Waals surface area contributed by atoms with Gasteiger partial charge in [0.05, 0.1) is 0 Å². The Balaban J connectivity index is 2.24. The smallest absolute Gasteiger partial charge is 0.131 e. The van der Waals surface area contributed by atoms with Gasteiger partial charge in [0.25, 0.3) is 0 Å². The van der Waals surface area contributed by atoms with Crippen molar-refractivity contribution in [2.24, 2.45) is 0 Å². The van der Waals surface area contributed by atoms with Gasteiger partial charge in [-0.05, 0) is 17.9 Å². The van der Waals surface area contributed by atoms with Gasteiger partial charge >= 0.3 is 0 Å². The molecule has 0 amide bonds. The second-order valence-corrected chi connectivity index (χ2v) is 4.55. The molecule has 0 spiro atoms. The predicted octanol–water partition coefficient (Wildman–Crippen LogP) is 4.52. The zero-order chi connectivity index (χ0) is 12.5. The van der Waals surface area contributed by atoms with Crippen molar-refractivity contribution >= 4 is 10.8 Å². The van der Waals surface area contributed by atoms with Gasteiger partial charge in [-0.2, -0.15) is 0 Å². The molecular formula is C17H14O. The van der Waals surface area contributed by atoms with E-state index in [2.05, 4.69) is 19.1 Å². The third kappa shape index (κ3) is 1.74. The topological polar surface area (TPSA) is 20.2 Å². The predicted molar refractivity (Wildman–Crippen MR) is 75.8 cm³/mol. The van der Waals surface area contributed by atoms with E-state index in [0.29, 0.717) is 5.75 Å². The molecule has 88 valence electrons. The van der Waals surface area contributed by atoms with Gasteiger partial charge in [0, 0.05) is 10.9 Å². The summed E-state index contributed by atoms with van der Waals surface area (Å²) >= 11 is 0. The molecule has 0 atom stereocenters. The fourth-order valence-electron chi connectivity index (χ4n) is 2.22. The summed E-state index contributed by atoms with van der Waals surface area (Å²) in [5, 5.41) is 12.3. The molecule has 0 heterocycles. The lowest BCUT2D eigenvalue weighted by atomic mass is 9.99. The van der Waals surface area contributed by atoms with Gasteiger partial charge in [-0.25, -0.2) is 0 Å². The standard InChI is InChI=1S/C17H14O/c1-12-6-8-14(9-7-12)16-11-10-13-4-2-3-5-15(13)17(16)18/h2-11,18H,1H3. The van der Waals surface area contributed by atoms with Crippen LogP contribution in [0.25, 0.3) is 21.9 Å². The van der Waals surface area contributed by atoms with Gasteiger partial charge in [-0.3, -0.25) is 0 Å². The van der Waals surface area contributed by atoms with Gasteiger partial charge in [0.15, 0.2) is 0 Å². The van der Waals surface area contributed by atoms with Crippen molar-refractivity contribution in [2.45, 2.75) is 6.92 Å². The van der Waals surface area contributed by atoms with Crippen molar-refractivity contribution in [1.82, 2.24) is 0 Å². The number of fused-ring (bicyclic) bond motifs is 1. The Labute approximate surface area is 106 Å². The molecular weight excluding hydrogens is 220 g/mol. The first-order chi connectivity index (χ1) is 8.75. The molecule has 0 radical (unpaired) electrons. The average molecular weight is 234 g/mol. The van der Waals surface area contributed by atoms with Crippen LogP contribution in [-0.2, 0) is 0 Å². The second kappa shape index (κ2) is 4.19. The van der Waals surface area contributed by atoms with Crippen molar-refractivity contribution in [1.29, 1.82) is 0 Å². The maximum absolute atomic E-state index is 10.4. The second-order valence-electron chi connectivity index (χ2n) is 4.55. The highest BCUT2D eigenvalue weighted by atomic mass is 16.3. The van der Waals surface area contributed by atoms with Crippen LogP contribution < -0.4 is 0 Å². The maximum atomic E-state index is 10.4. The fourth-order valence-corrected chi connectivity index (χ4v) is 2.22. The van der Waals surface area contributed by atoms with E-state index < -0.39 is 0 Å². The van der Waals surface area contributed by atoms with Crippen LogP contribution in [0.1, 0.15) is 5.56 Å². The zero-order valence-electron chi connectivity index (χ0n) is 10.2. The van der Waals surface area contributed by atoms with Crippen molar-refractivity contribution in [3.8, 4) is 16.9 Å². The highest BCUT2D eigenvalue weighted by molar-refractivity contribution is 5.94. The lowest BCUT2D eigenvalue weighted by molar-refractivity contribution is 0.483. The highest BCUT2D eigenvalue weighted by Gasteiger charge is 2.07. The Morgan fingerprint density at radius 1 is 0.778 bits per heavy atom. The van der Waals surface area contributed by atoms with E-state index in [1.807, 2.05) is 48.5 Å². The average Bonchev–Trinajstić information content (AvgIpc) is 2.41. The molecule has 18 heavy (non-hydrogen) atoms. The summed E-state index contributed by atoms with van der Waals surface area (Å²) in [5.41, 5.74) is 3.15.